The zero-order valence-electron chi connectivity index (χ0n) is 22.7. The number of hydrogen-bond donors (Lipinski definition) is 1. The molecule has 4 aromatic rings. The van der Waals surface area contributed by atoms with Crippen LogP contribution in [0.4, 0.5) is 23.7 Å². The van der Waals surface area contributed by atoms with Gasteiger partial charge in [0.25, 0.3) is 5.56 Å². The van der Waals surface area contributed by atoms with Crippen LogP contribution in [0.3, 0.4) is 0 Å². The standard InChI is InChI=1S/C30H31F3N4O3/c1-5-24(36(18-19(2)3)29(39)34-21-16-14-20(15-17-21)30(31,32)33)27-35-23-11-7-6-10-22(23)28(38)37(27)25-12-8-9-13-26(25)40-4/h6-17,19,24H,5,18H2,1-4H3,(H,34,39). The lowest BCUT2D eigenvalue weighted by Crippen LogP contribution is -2.42. The topological polar surface area (TPSA) is 76.5 Å². The number of anilines is 1. The summed E-state index contributed by atoms with van der Waals surface area (Å²) < 4.78 is 46.1. The number of urea groups is 1. The molecule has 0 aliphatic rings. The van der Waals surface area contributed by atoms with Crippen LogP contribution in [0.15, 0.2) is 77.6 Å². The van der Waals surface area contributed by atoms with Crippen molar-refractivity contribution in [3.8, 4) is 11.4 Å². The average Bonchev–Trinajstić information content (AvgIpc) is 2.92. The van der Waals surface area contributed by atoms with Crippen LogP contribution in [0.25, 0.3) is 16.6 Å². The Labute approximate surface area is 230 Å². The van der Waals surface area contributed by atoms with E-state index in [0.717, 1.165) is 12.1 Å². The number of alkyl halides is 3. The maximum Gasteiger partial charge on any atom is 0.416 e. The monoisotopic (exact) mass is 552 g/mol. The summed E-state index contributed by atoms with van der Waals surface area (Å²) in [7, 11) is 1.51. The smallest absolute Gasteiger partial charge is 0.416 e. The van der Waals surface area contributed by atoms with Gasteiger partial charge in [-0.1, -0.05) is 45.0 Å². The Kier molecular flexibility index (Phi) is 8.46. The minimum Gasteiger partial charge on any atom is -0.495 e. The predicted octanol–water partition coefficient (Wildman–Crippen LogP) is 7.05. The molecular weight excluding hydrogens is 521 g/mol. The van der Waals surface area contributed by atoms with Crippen molar-refractivity contribution in [2.24, 2.45) is 5.92 Å². The van der Waals surface area contributed by atoms with Gasteiger partial charge in [-0.25, -0.2) is 9.78 Å². The third-order valence-electron chi connectivity index (χ3n) is 6.47. The highest BCUT2D eigenvalue weighted by molar-refractivity contribution is 5.89. The van der Waals surface area contributed by atoms with Gasteiger partial charge in [0.05, 0.1) is 35.3 Å². The largest absolute Gasteiger partial charge is 0.495 e. The number of rotatable bonds is 8. The molecule has 2 amide bonds. The number of nitrogens with one attached hydrogen (secondary N) is 1. The second-order valence-electron chi connectivity index (χ2n) is 9.78. The zero-order valence-corrected chi connectivity index (χ0v) is 22.7. The first-order valence-corrected chi connectivity index (χ1v) is 12.9. The quantitative estimate of drug-likeness (QED) is 0.254. The van der Waals surface area contributed by atoms with Crippen LogP contribution in [0.5, 0.6) is 5.75 Å². The Bertz CT molecular complexity index is 1550. The van der Waals surface area contributed by atoms with Gasteiger partial charge in [-0.3, -0.25) is 9.36 Å². The van der Waals surface area contributed by atoms with Crippen LogP contribution in [0, 0.1) is 5.92 Å². The van der Waals surface area contributed by atoms with Gasteiger partial charge in [0.2, 0.25) is 0 Å². The molecule has 0 spiro atoms. The lowest BCUT2D eigenvalue weighted by atomic mass is 10.1. The molecule has 210 valence electrons. The fraction of sp³-hybridized carbons (Fsp3) is 0.300. The Morgan fingerprint density at radius 1 is 1.02 bits per heavy atom. The molecule has 0 radical (unpaired) electrons. The molecule has 0 saturated carbocycles. The molecule has 7 nitrogen and oxygen atoms in total. The van der Waals surface area contributed by atoms with Gasteiger partial charge in [0.1, 0.15) is 11.6 Å². The van der Waals surface area contributed by atoms with Crippen molar-refractivity contribution in [1.82, 2.24) is 14.5 Å². The van der Waals surface area contributed by atoms with Crippen LogP contribution in [-0.4, -0.2) is 34.1 Å². The summed E-state index contributed by atoms with van der Waals surface area (Å²) in [6.45, 7) is 6.09. The van der Waals surface area contributed by atoms with Gasteiger partial charge in [-0.05, 0) is 60.9 Å². The first-order chi connectivity index (χ1) is 19.0. The molecule has 1 aromatic heterocycles. The highest BCUT2D eigenvalue weighted by atomic mass is 19.4. The van der Waals surface area contributed by atoms with Gasteiger partial charge < -0.3 is 15.0 Å². The second-order valence-corrected chi connectivity index (χ2v) is 9.78. The number of amides is 2. The Morgan fingerprint density at radius 3 is 2.30 bits per heavy atom. The van der Waals surface area contributed by atoms with Crippen molar-refractivity contribution in [3.05, 3.63) is 94.5 Å². The summed E-state index contributed by atoms with van der Waals surface area (Å²) in [4.78, 5) is 34.0. The number of carbonyl (C=O) groups is 1. The highest BCUT2D eigenvalue weighted by Gasteiger charge is 2.32. The maximum atomic E-state index is 13.9. The normalized spacial score (nSPS) is 12.4. The highest BCUT2D eigenvalue weighted by Crippen LogP contribution is 2.32. The van der Waals surface area contributed by atoms with E-state index in [0.29, 0.717) is 41.1 Å². The van der Waals surface area contributed by atoms with E-state index in [9.17, 15) is 22.8 Å². The van der Waals surface area contributed by atoms with E-state index in [1.54, 1.807) is 53.4 Å². The second kappa shape index (κ2) is 11.8. The molecule has 0 saturated heterocycles. The number of ether oxygens (including phenoxy) is 1. The molecule has 40 heavy (non-hydrogen) atoms. The van der Waals surface area contributed by atoms with E-state index in [-0.39, 0.29) is 17.2 Å². The summed E-state index contributed by atoms with van der Waals surface area (Å²) in [5.74, 6) is 0.848. The molecule has 1 N–H and O–H groups in total. The molecular formula is C30H31F3N4O3. The van der Waals surface area contributed by atoms with Gasteiger partial charge >= 0.3 is 12.2 Å². The van der Waals surface area contributed by atoms with Crippen molar-refractivity contribution >= 4 is 22.6 Å². The minimum absolute atomic E-state index is 0.0410. The van der Waals surface area contributed by atoms with Gasteiger partial charge in [-0.2, -0.15) is 13.2 Å². The number of para-hydroxylation sites is 3. The van der Waals surface area contributed by atoms with E-state index in [1.807, 2.05) is 20.8 Å². The minimum atomic E-state index is -4.48. The van der Waals surface area contributed by atoms with Crippen molar-refractivity contribution in [3.63, 3.8) is 0 Å². The van der Waals surface area contributed by atoms with Crippen LogP contribution in [0.1, 0.15) is 44.6 Å². The lowest BCUT2D eigenvalue weighted by Gasteiger charge is -2.33. The van der Waals surface area contributed by atoms with E-state index in [2.05, 4.69) is 5.32 Å². The van der Waals surface area contributed by atoms with Crippen LogP contribution < -0.4 is 15.6 Å². The number of fused-ring (bicyclic) bond motifs is 1. The fourth-order valence-electron chi connectivity index (χ4n) is 4.65. The van der Waals surface area contributed by atoms with Gasteiger partial charge in [0.15, 0.2) is 0 Å². The molecule has 1 atom stereocenters. The molecule has 1 unspecified atom stereocenters. The molecule has 0 fully saturated rings. The zero-order chi connectivity index (χ0) is 29.0. The van der Waals surface area contributed by atoms with Crippen LogP contribution in [-0.2, 0) is 6.18 Å². The first-order valence-electron chi connectivity index (χ1n) is 12.9. The molecule has 0 aliphatic heterocycles. The van der Waals surface area contributed by atoms with Gasteiger partial charge in [-0.15, -0.1) is 0 Å². The van der Waals surface area contributed by atoms with E-state index in [1.165, 1.54) is 23.8 Å². The van der Waals surface area contributed by atoms with E-state index >= 15 is 0 Å². The lowest BCUT2D eigenvalue weighted by molar-refractivity contribution is -0.137. The molecule has 0 aliphatic carbocycles. The number of nitrogens with zero attached hydrogens (tertiary/aromatic N) is 3. The number of benzene rings is 3. The summed E-state index contributed by atoms with van der Waals surface area (Å²) in [6.07, 6.45) is -4.07. The molecule has 10 heteroatoms. The Hall–Kier alpha value is -4.34. The first kappa shape index (κ1) is 28.7. The number of carbonyl (C=O) groups excluding carboxylic acids is 1. The van der Waals surface area contributed by atoms with Crippen LogP contribution in [0.2, 0.25) is 0 Å². The Morgan fingerprint density at radius 2 is 1.68 bits per heavy atom. The Balaban J connectivity index is 1.85. The number of aromatic nitrogens is 2. The molecule has 4 rings (SSSR count). The summed E-state index contributed by atoms with van der Waals surface area (Å²) in [6, 6.07) is 17.2. The summed E-state index contributed by atoms with van der Waals surface area (Å²) in [5, 5.41) is 3.14. The fourth-order valence-corrected chi connectivity index (χ4v) is 4.65. The van der Waals surface area contributed by atoms with Gasteiger partial charge in [0, 0.05) is 12.2 Å². The van der Waals surface area contributed by atoms with E-state index in [4.69, 9.17) is 9.72 Å². The predicted molar refractivity (Wildman–Crippen MR) is 149 cm³/mol. The molecule has 1 heterocycles. The van der Waals surface area contributed by atoms with Crippen molar-refractivity contribution in [2.75, 3.05) is 19.0 Å². The number of methoxy groups -OCH3 is 1. The number of halogens is 3. The van der Waals surface area contributed by atoms with Crippen molar-refractivity contribution in [1.29, 1.82) is 0 Å². The third-order valence-corrected chi connectivity index (χ3v) is 6.47. The summed E-state index contributed by atoms with van der Waals surface area (Å²) in [5.41, 5.74) is 0.0673. The van der Waals surface area contributed by atoms with Crippen molar-refractivity contribution < 1.29 is 22.7 Å². The molecule has 3 aromatic carbocycles. The number of hydrogen-bond acceptors (Lipinski definition) is 4. The van der Waals surface area contributed by atoms with E-state index < -0.39 is 23.8 Å². The maximum absolute atomic E-state index is 13.9. The van der Waals surface area contributed by atoms with Crippen molar-refractivity contribution in [2.45, 2.75) is 39.4 Å². The SMILES string of the molecule is CCC(c1nc2ccccc2c(=O)n1-c1ccccc1OC)N(CC(C)C)C(=O)Nc1ccc(C(F)(F)F)cc1. The average molecular weight is 553 g/mol. The molecule has 0 bridgehead atoms. The van der Waals surface area contributed by atoms with Crippen LogP contribution >= 0.6 is 0 Å². The summed E-state index contributed by atoms with van der Waals surface area (Å²) >= 11 is 0. The third kappa shape index (κ3) is 5.95.